The molecule has 18 heavy (non-hydrogen) atoms. The first-order valence-electron chi connectivity index (χ1n) is 6.16. The maximum Gasteiger partial charge on any atom is 0.420 e. The number of hydrogen-bond donors (Lipinski definition) is 0. The van der Waals surface area contributed by atoms with Crippen LogP contribution in [-0.2, 0) is 0 Å². The summed E-state index contributed by atoms with van der Waals surface area (Å²) in [6.07, 6.45) is 0. The molecule has 0 radical (unpaired) electrons. The predicted molar refractivity (Wildman–Crippen MR) is 71.2 cm³/mol. The van der Waals surface area contributed by atoms with Crippen molar-refractivity contribution in [1.29, 1.82) is 0 Å². The van der Waals surface area contributed by atoms with Crippen molar-refractivity contribution in [3.8, 4) is 0 Å². The largest absolute Gasteiger partial charge is 0.420 e. The number of rotatable bonds is 2. The first-order valence-corrected chi connectivity index (χ1v) is 6.16. The van der Waals surface area contributed by atoms with E-state index in [1.807, 2.05) is 66.1 Å². The summed E-state index contributed by atoms with van der Waals surface area (Å²) in [6, 6.07) is 17.9. The van der Waals surface area contributed by atoms with Crippen LogP contribution in [0.3, 0.4) is 0 Å². The van der Waals surface area contributed by atoms with Gasteiger partial charge in [-0.3, -0.25) is 0 Å². The molecule has 2 nitrogen and oxygen atoms in total. The Kier molecular flexibility index (Phi) is 2.56. The topological polar surface area (TPSA) is 20.1 Å². The first-order chi connectivity index (χ1) is 8.83. The minimum absolute atomic E-state index is 0.104. The van der Waals surface area contributed by atoms with Crippen LogP contribution in [-0.4, -0.2) is 22.7 Å². The van der Waals surface area contributed by atoms with E-state index in [2.05, 4.69) is 0 Å². The molecule has 3 rings (SSSR count). The van der Waals surface area contributed by atoms with Crippen LogP contribution in [0.25, 0.3) is 0 Å². The zero-order valence-electron chi connectivity index (χ0n) is 10.3. The number of carbonyl (C=O) groups excluding carboxylic acids is 1. The van der Waals surface area contributed by atoms with E-state index in [4.69, 9.17) is 0 Å². The van der Waals surface area contributed by atoms with Gasteiger partial charge in [-0.15, -0.1) is 0 Å². The Hall–Kier alpha value is -2.22. The van der Waals surface area contributed by atoms with Crippen LogP contribution in [0.15, 0.2) is 54.6 Å². The molecular weight excluding hydrogens is 222 g/mol. The number of carbonyl (C=O) groups is 1. The zero-order valence-corrected chi connectivity index (χ0v) is 10.3. The van der Waals surface area contributed by atoms with Gasteiger partial charge in [-0.2, -0.15) is 4.58 Å². The Bertz CT molecular complexity index is 641. The summed E-state index contributed by atoms with van der Waals surface area (Å²) in [4.78, 5) is 12.3. The lowest BCUT2D eigenvalue weighted by Gasteiger charge is -1.99. The third-order valence-electron chi connectivity index (χ3n) is 3.29. The molecule has 2 heteroatoms. The first kappa shape index (κ1) is 10.9. The van der Waals surface area contributed by atoms with Gasteiger partial charge in [0.2, 0.25) is 5.71 Å². The van der Waals surface area contributed by atoms with Crippen LogP contribution in [0.1, 0.15) is 28.4 Å². The van der Waals surface area contributed by atoms with Crippen LogP contribution in [0.2, 0.25) is 0 Å². The highest BCUT2D eigenvalue weighted by atomic mass is 16.2. The second-order valence-corrected chi connectivity index (χ2v) is 4.31. The van der Waals surface area contributed by atoms with E-state index in [-0.39, 0.29) is 5.91 Å². The van der Waals surface area contributed by atoms with E-state index < -0.39 is 0 Å². The van der Waals surface area contributed by atoms with Gasteiger partial charge in [0.15, 0.2) is 0 Å². The molecule has 0 saturated heterocycles. The van der Waals surface area contributed by atoms with Crippen LogP contribution in [0.5, 0.6) is 0 Å². The molecule has 0 aromatic heterocycles. The minimum atomic E-state index is 0.104. The van der Waals surface area contributed by atoms with E-state index in [9.17, 15) is 4.79 Å². The molecule has 0 N–H and O–H groups in total. The summed E-state index contributed by atoms with van der Waals surface area (Å²) in [7, 11) is 0. The van der Waals surface area contributed by atoms with Gasteiger partial charge in [0.05, 0.1) is 5.56 Å². The van der Waals surface area contributed by atoms with Crippen molar-refractivity contribution in [2.45, 2.75) is 6.92 Å². The summed E-state index contributed by atoms with van der Waals surface area (Å²) < 4.78 is 1.85. The molecule has 1 aliphatic heterocycles. The molecule has 0 unspecified atom stereocenters. The molecule has 0 bridgehead atoms. The number of nitrogens with zero attached hydrogens (tertiary/aromatic N) is 1. The van der Waals surface area contributed by atoms with Crippen molar-refractivity contribution in [1.82, 2.24) is 0 Å². The Morgan fingerprint density at radius 3 is 2.17 bits per heavy atom. The Balaban J connectivity index is 2.28. The minimum Gasteiger partial charge on any atom is -0.214 e. The predicted octanol–water partition coefficient (Wildman–Crippen LogP) is 2.71. The number of hydrogen-bond acceptors (Lipinski definition) is 1. The highest BCUT2D eigenvalue weighted by molar-refractivity contribution is 6.20. The Labute approximate surface area is 106 Å². The SMILES string of the molecule is CC[N+]1=C(c2ccccc2)c2ccccc2C1=O. The summed E-state index contributed by atoms with van der Waals surface area (Å²) in [5, 5.41) is 0. The van der Waals surface area contributed by atoms with Gasteiger partial charge in [0.1, 0.15) is 12.1 Å². The average Bonchev–Trinajstić information content (AvgIpc) is 2.73. The van der Waals surface area contributed by atoms with Crippen LogP contribution < -0.4 is 0 Å². The normalized spacial score (nSPS) is 13.9. The van der Waals surface area contributed by atoms with Crippen molar-refractivity contribution < 1.29 is 9.37 Å². The maximum atomic E-state index is 12.3. The van der Waals surface area contributed by atoms with Crippen molar-refractivity contribution >= 4 is 11.6 Å². The van der Waals surface area contributed by atoms with Gasteiger partial charge in [-0.25, -0.2) is 4.79 Å². The van der Waals surface area contributed by atoms with Crippen molar-refractivity contribution in [2.75, 3.05) is 6.54 Å². The Morgan fingerprint density at radius 2 is 1.50 bits per heavy atom. The summed E-state index contributed by atoms with van der Waals surface area (Å²) in [5.41, 5.74) is 3.96. The number of amides is 1. The van der Waals surface area contributed by atoms with Crippen LogP contribution in [0.4, 0.5) is 0 Å². The third kappa shape index (κ3) is 1.50. The van der Waals surface area contributed by atoms with E-state index >= 15 is 0 Å². The van der Waals surface area contributed by atoms with Gasteiger partial charge in [-0.1, -0.05) is 30.3 Å². The van der Waals surface area contributed by atoms with Crippen molar-refractivity contribution in [3.63, 3.8) is 0 Å². The van der Waals surface area contributed by atoms with Crippen LogP contribution >= 0.6 is 0 Å². The fourth-order valence-corrected chi connectivity index (χ4v) is 2.48. The summed E-state index contributed by atoms with van der Waals surface area (Å²) in [5.74, 6) is 0.104. The van der Waals surface area contributed by atoms with Gasteiger partial charge >= 0.3 is 5.91 Å². The van der Waals surface area contributed by atoms with Crippen LogP contribution in [0, 0.1) is 0 Å². The standard InChI is InChI=1S/C16H14NO/c1-2-17-15(12-8-4-3-5-9-12)13-10-6-7-11-14(13)16(17)18/h3-11H,2H2,1H3/q+1. The fraction of sp³-hybridized carbons (Fsp3) is 0.125. The molecule has 0 saturated carbocycles. The van der Waals surface area contributed by atoms with Crippen molar-refractivity contribution in [3.05, 3.63) is 71.3 Å². The lowest BCUT2D eigenvalue weighted by Crippen LogP contribution is -2.21. The third-order valence-corrected chi connectivity index (χ3v) is 3.29. The second kappa shape index (κ2) is 4.22. The smallest absolute Gasteiger partial charge is 0.214 e. The molecule has 1 heterocycles. The quantitative estimate of drug-likeness (QED) is 0.734. The summed E-state index contributed by atoms with van der Waals surface area (Å²) >= 11 is 0. The molecule has 1 amide bonds. The molecule has 0 atom stereocenters. The molecule has 0 aliphatic carbocycles. The van der Waals surface area contributed by atoms with Gasteiger partial charge in [-0.05, 0) is 31.2 Å². The lowest BCUT2D eigenvalue weighted by atomic mass is 10.0. The number of benzene rings is 2. The average molecular weight is 236 g/mol. The maximum absolute atomic E-state index is 12.3. The molecule has 88 valence electrons. The summed E-state index contributed by atoms with van der Waals surface area (Å²) in [6.45, 7) is 2.70. The highest BCUT2D eigenvalue weighted by Crippen LogP contribution is 2.22. The Morgan fingerprint density at radius 1 is 0.889 bits per heavy atom. The highest BCUT2D eigenvalue weighted by Gasteiger charge is 2.37. The molecular formula is C16H14NO+. The fourth-order valence-electron chi connectivity index (χ4n) is 2.48. The van der Waals surface area contributed by atoms with Gasteiger partial charge in [0.25, 0.3) is 0 Å². The van der Waals surface area contributed by atoms with Crippen molar-refractivity contribution in [2.24, 2.45) is 0 Å². The van der Waals surface area contributed by atoms with E-state index in [1.54, 1.807) is 0 Å². The molecule has 2 aromatic rings. The second-order valence-electron chi connectivity index (χ2n) is 4.31. The molecule has 1 aliphatic rings. The van der Waals surface area contributed by atoms with E-state index in [0.29, 0.717) is 6.54 Å². The zero-order chi connectivity index (χ0) is 12.5. The van der Waals surface area contributed by atoms with E-state index in [1.165, 1.54) is 0 Å². The lowest BCUT2D eigenvalue weighted by molar-refractivity contribution is -0.420. The van der Waals surface area contributed by atoms with Gasteiger partial charge < -0.3 is 0 Å². The monoisotopic (exact) mass is 236 g/mol. The molecule has 2 aromatic carbocycles. The number of fused-ring (bicyclic) bond motifs is 1. The van der Waals surface area contributed by atoms with Gasteiger partial charge in [0, 0.05) is 5.56 Å². The molecule has 0 fully saturated rings. The molecule has 0 spiro atoms. The van der Waals surface area contributed by atoms with E-state index in [0.717, 1.165) is 22.4 Å².